The fraction of sp³-hybridized carbons (Fsp3) is 0.231. The Morgan fingerprint density at radius 3 is 2.53 bits per heavy atom. The van der Waals surface area contributed by atoms with Gasteiger partial charge < -0.3 is 10.5 Å². The predicted octanol–water partition coefficient (Wildman–Crippen LogP) is 3.25. The molecule has 0 amide bonds. The van der Waals surface area contributed by atoms with E-state index in [0.29, 0.717) is 0 Å². The van der Waals surface area contributed by atoms with Crippen LogP contribution in [0.1, 0.15) is 25.5 Å². The molecule has 6 heteroatoms. The van der Waals surface area contributed by atoms with Crippen LogP contribution in [-0.2, 0) is 0 Å². The van der Waals surface area contributed by atoms with Gasteiger partial charge in [0.2, 0.25) is 5.88 Å². The van der Waals surface area contributed by atoms with E-state index in [1.807, 2.05) is 13.8 Å². The van der Waals surface area contributed by atoms with Crippen LogP contribution >= 0.6 is 0 Å². The van der Waals surface area contributed by atoms with Crippen molar-refractivity contribution in [3.63, 3.8) is 0 Å². The predicted molar refractivity (Wildman–Crippen MR) is 67.0 cm³/mol. The zero-order chi connectivity index (χ0) is 14.0. The van der Waals surface area contributed by atoms with Gasteiger partial charge in [-0.05, 0) is 5.92 Å². The summed E-state index contributed by atoms with van der Waals surface area (Å²) >= 11 is 0. The number of halogens is 2. The Morgan fingerprint density at radius 2 is 1.84 bits per heavy atom. The topological polar surface area (TPSA) is 61.0 Å². The van der Waals surface area contributed by atoms with Gasteiger partial charge in [0.25, 0.3) is 0 Å². The second-order valence-electron chi connectivity index (χ2n) is 4.34. The van der Waals surface area contributed by atoms with Gasteiger partial charge in [-0.1, -0.05) is 13.8 Å². The van der Waals surface area contributed by atoms with Gasteiger partial charge in [0.1, 0.15) is 12.1 Å². The molecule has 0 saturated heterocycles. The van der Waals surface area contributed by atoms with Crippen LogP contribution in [0.5, 0.6) is 11.6 Å². The molecule has 2 N–H and O–H groups in total. The monoisotopic (exact) mass is 265 g/mol. The van der Waals surface area contributed by atoms with E-state index in [-0.39, 0.29) is 23.2 Å². The number of rotatable bonds is 3. The van der Waals surface area contributed by atoms with Crippen LogP contribution in [0.15, 0.2) is 24.5 Å². The molecule has 0 aliphatic rings. The SMILES string of the molecule is CC(C)c1cc(Oc2cc(F)c(N)cc2F)ncn1. The smallest absolute Gasteiger partial charge is 0.222 e. The number of anilines is 1. The highest BCUT2D eigenvalue weighted by Crippen LogP contribution is 2.27. The maximum Gasteiger partial charge on any atom is 0.222 e. The summed E-state index contributed by atoms with van der Waals surface area (Å²) in [5.41, 5.74) is 5.73. The summed E-state index contributed by atoms with van der Waals surface area (Å²) in [5.74, 6) is -1.42. The zero-order valence-electron chi connectivity index (χ0n) is 10.5. The number of hydrogen-bond acceptors (Lipinski definition) is 4. The number of nitrogen functional groups attached to an aromatic ring is 1. The number of nitrogens with two attached hydrogens (primary N) is 1. The molecule has 0 spiro atoms. The maximum atomic E-state index is 13.6. The highest BCUT2D eigenvalue weighted by molar-refractivity contribution is 5.45. The summed E-state index contributed by atoms with van der Waals surface area (Å²) < 4.78 is 32.0. The van der Waals surface area contributed by atoms with E-state index in [0.717, 1.165) is 17.8 Å². The van der Waals surface area contributed by atoms with Gasteiger partial charge in [-0.25, -0.2) is 18.7 Å². The Morgan fingerprint density at radius 1 is 1.11 bits per heavy atom. The van der Waals surface area contributed by atoms with Crippen molar-refractivity contribution in [2.75, 3.05) is 5.73 Å². The molecule has 1 aromatic heterocycles. The third kappa shape index (κ3) is 2.96. The van der Waals surface area contributed by atoms with Crippen LogP contribution in [-0.4, -0.2) is 9.97 Å². The molecular formula is C13H13F2N3O. The van der Waals surface area contributed by atoms with Gasteiger partial charge >= 0.3 is 0 Å². The molecule has 1 heterocycles. The quantitative estimate of drug-likeness (QED) is 0.865. The lowest BCUT2D eigenvalue weighted by Gasteiger charge is -2.09. The summed E-state index contributed by atoms with van der Waals surface area (Å²) in [6.07, 6.45) is 1.32. The Labute approximate surface area is 109 Å². The van der Waals surface area contributed by atoms with Gasteiger partial charge in [0.15, 0.2) is 11.6 Å². The standard InChI is InChI=1S/C13H13F2N3O/c1-7(2)11-5-13(18-6-17-11)19-12-4-8(14)10(16)3-9(12)15/h3-7H,16H2,1-2H3. The number of ether oxygens (including phenoxy) is 1. The minimum Gasteiger partial charge on any atom is -0.436 e. The van der Waals surface area contributed by atoms with Crippen molar-refractivity contribution in [1.82, 2.24) is 9.97 Å². The normalized spacial score (nSPS) is 10.8. The van der Waals surface area contributed by atoms with Gasteiger partial charge in [0, 0.05) is 18.2 Å². The second kappa shape index (κ2) is 5.17. The molecule has 0 aliphatic carbocycles. The minimum atomic E-state index is -0.747. The molecule has 2 rings (SSSR count). The molecule has 4 nitrogen and oxygen atoms in total. The van der Waals surface area contributed by atoms with E-state index in [2.05, 4.69) is 9.97 Å². The average molecular weight is 265 g/mol. The van der Waals surface area contributed by atoms with Crippen LogP contribution in [0.4, 0.5) is 14.5 Å². The Hall–Kier alpha value is -2.24. The van der Waals surface area contributed by atoms with Crippen molar-refractivity contribution in [1.29, 1.82) is 0 Å². The van der Waals surface area contributed by atoms with E-state index < -0.39 is 11.6 Å². The number of aromatic nitrogens is 2. The molecule has 0 radical (unpaired) electrons. The first-order valence-corrected chi connectivity index (χ1v) is 5.71. The maximum absolute atomic E-state index is 13.6. The van der Waals surface area contributed by atoms with Crippen LogP contribution in [0, 0.1) is 11.6 Å². The summed E-state index contributed by atoms with van der Waals surface area (Å²) in [4.78, 5) is 7.91. The molecule has 0 bridgehead atoms. The molecule has 0 saturated carbocycles. The highest BCUT2D eigenvalue weighted by Gasteiger charge is 2.11. The first kappa shape index (κ1) is 13.2. The van der Waals surface area contributed by atoms with E-state index in [9.17, 15) is 8.78 Å². The van der Waals surface area contributed by atoms with Crippen molar-refractivity contribution in [3.8, 4) is 11.6 Å². The van der Waals surface area contributed by atoms with Gasteiger partial charge in [-0.3, -0.25) is 0 Å². The summed E-state index contributed by atoms with van der Waals surface area (Å²) in [7, 11) is 0. The molecule has 2 aromatic rings. The lowest BCUT2D eigenvalue weighted by Crippen LogP contribution is -1.99. The first-order chi connectivity index (χ1) is 8.97. The van der Waals surface area contributed by atoms with Crippen LogP contribution < -0.4 is 10.5 Å². The molecule has 0 unspecified atom stereocenters. The Bertz CT molecular complexity index is 602. The van der Waals surface area contributed by atoms with Crippen LogP contribution in [0.2, 0.25) is 0 Å². The van der Waals surface area contributed by atoms with Gasteiger partial charge in [-0.15, -0.1) is 0 Å². The average Bonchev–Trinajstić information content (AvgIpc) is 2.36. The van der Waals surface area contributed by atoms with Crippen molar-refractivity contribution in [2.45, 2.75) is 19.8 Å². The first-order valence-electron chi connectivity index (χ1n) is 5.71. The number of benzene rings is 1. The zero-order valence-corrected chi connectivity index (χ0v) is 10.5. The van der Waals surface area contributed by atoms with E-state index in [4.69, 9.17) is 10.5 Å². The molecule has 0 fully saturated rings. The van der Waals surface area contributed by atoms with Crippen molar-refractivity contribution < 1.29 is 13.5 Å². The summed E-state index contributed by atoms with van der Waals surface area (Å²) in [6.45, 7) is 3.91. The fourth-order valence-corrected chi connectivity index (χ4v) is 1.46. The molecular weight excluding hydrogens is 252 g/mol. The molecule has 0 aliphatic heterocycles. The minimum absolute atomic E-state index is 0.154. The van der Waals surface area contributed by atoms with E-state index in [1.165, 1.54) is 6.33 Å². The largest absolute Gasteiger partial charge is 0.436 e. The molecule has 0 atom stereocenters. The van der Waals surface area contributed by atoms with Crippen LogP contribution in [0.3, 0.4) is 0 Å². The summed E-state index contributed by atoms with van der Waals surface area (Å²) in [6, 6.07) is 3.34. The number of hydrogen-bond donors (Lipinski definition) is 1. The molecule has 19 heavy (non-hydrogen) atoms. The molecule has 1 aromatic carbocycles. The fourth-order valence-electron chi connectivity index (χ4n) is 1.46. The van der Waals surface area contributed by atoms with E-state index >= 15 is 0 Å². The van der Waals surface area contributed by atoms with Crippen molar-refractivity contribution in [2.24, 2.45) is 0 Å². The van der Waals surface area contributed by atoms with Gasteiger partial charge in [-0.2, -0.15) is 0 Å². The lowest BCUT2D eigenvalue weighted by atomic mass is 10.1. The highest BCUT2D eigenvalue weighted by atomic mass is 19.1. The summed E-state index contributed by atoms with van der Waals surface area (Å²) in [5, 5.41) is 0. The Balaban J connectivity index is 2.31. The second-order valence-corrected chi connectivity index (χ2v) is 4.34. The molecule has 100 valence electrons. The van der Waals surface area contributed by atoms with Crippen molar-refractivity contribution in [3.05, 3.63) is 41.9 Å². The lowest BCUT2D eigenvalue weighted by molar-refractivity contribution is 0.421. The van der Waals surface area contributed by atoms with E-state index in [1.54, 1.807) is 6.07 Å². The van der Waals surface area contributed by atoms with Crippen LogP contribution in [0.25, 0.3) is 0 Å². The third-order valence-corrected chi connectivity index (χ3v) is 2.52. The third-order valence-electron chi connectivity index (χ3n) is 2.52. The Kier molecular flexibility index (Phi) is 3.59. The number of nitrogens with zero attached hydrogens (tertiary/aromatic N) is 2. The van der Waals surface area contributed by atoms with Gasteiger partial charge in [0.05, 0.1) is 11.4 Å². The van der Waals surface area contributed by atoms with Crippen molar-refractivity contribution >= 4 is 5.69 Å².